The number of esters is 1. The highest BCUT2D eigenvalue weighted by atomic mass is 35.5. The predicted octanol–water partition coefficient (Wildman–Crippen LogP) is 4.69. The van der Waals surface area contributed by atoms with Crippen molar-refractivity contribution in [2.75, 3.05) is 0 Å². The van der Waals surface area contributed by atoms with Crippen LogP contribution in [-0.4, -0.2) is 18.1 Å². The van der Waals surface area contributed by atoms with Crippen LogP contribution in [0.25, 0.3) is 0 Å². The van der Waals surface area contributed by atoms with Gasteiger partial charge in [0.05, 0.1) is 16.8 Å². The molecular weight excluding hydrogens is 384 g/mol. The fourth-order valence-electron chi connectivity index (χ4n) is 2.24. The first-order valence-electron chi connectivity index (χ1n) is 7.98. The van der Waals surface area contributed by atoms with E-state index in [1.54, 1.807) is 54.6 Å². The number of nitrogens with zero attached hydrogens (tertiary/aromatic N) is 1. The smallest absolute Gasteiger partial charge is 0.353 e. The SMILES string of the molecule is Cc1ccc(C(=O)NN=Cc2cccc(OC(=O)c3cccs3)c2)c(Cl)c1. The average molecular weight is 399 g/mol. The number of thiophene rings is 1. The number of rotatable bonds is 5. The van der Waals surface area contributed by atoms with E-state index >= 15 is 0 Å². The summed E-state index contributed by atoms with van der Waals surface area (Å²) in [5.74, 6) is -0.428. The van der Waals surface area contributed by atoms with E-state index in [1.165, 1.54) is 17.6 Å². The first-order valence-corrected chi connectivity index (χ1v) is 9.24. The third-order valence-corrected chi connectivity index (χ3v) is 4.70. The molecule has 1 aromatic heterocycles. The number of hydrazone groups is 1. The van der Waals surface area contributed by atoms with Crippen molar-refractivity contribution in [1.82, 2.24) is 5.43 Å². The molecule has 0 saturated carbocycles. The molecule has 0 saturated heterocycles. The molecule has 0 radical (unpaired) electrons. The maximum absolute atomic E-state index is 12.1. The summed E-state index contributed by atoms with van der Waals surface area (Å²) in [5.41, 5.74) is 4.41. The molecule has 3 rings (SSSR count). The van der Waals surface area contributed by atoms with E-state index in [-0.39, 0.29) is 0 Å². The number of aryl methyl sites for hydroxylation is 1. The van der Waals surface area contributed by atoms with Crippen LogP contribution in [0.5, 0.6) is 5.75 Å². The van der Waals surface area contributed by atoms with Gasteiger partial charge in [0.2, 0.25) is 0 Å². The minimum absolute atomic E-state index is 0.345. The van der Waals surface area contributed by atoms with Crippen LogP contribution >= 0.6 is 22.9 Å². The van der Waals surface area contributed by atoms with E-state index in [4.69, 9.17) is 16.3 Å². The predicted molar refractivity (Wildman–Crippen MR) is 107 cm³/mol. The molecule has 5 nitrogen and oxygen atoms in total. The molecule has 0 bridgehead atoms. The summed E-state index contributed by atoms with van der Waals surface area (Å²) >= 11 is 7.38. The second-order valence-corrected chi connectivity index (χ2v) is 6.98. The Morgan fingerprint density at radius 3 is 2.74 bits per heavy atom. The normalized spacial score (nSPS) is 10.7. The number of benzene rings is 2. The van der Waals surface area contributed by atoms with Crippen molar-refractivity contribution in [2.45, 2.75) is 6.92 Å². The number of hydrogen-bond donors (Lipinski definition) is 1. The summed E-state index contributed by atoms with van der Waals surface area (Å²) in [5, 5.41) is 6.10. The molecule has 0 atom stereocenters. The molecule has 0 fully saturated rings. The van der Waals surface area contributed by atoms with E-state index in [1.807, 2.05) is 12.3 Å². The molecule has 1 amide bonds. The number of halogens is 1. The van der Waals surface area contributed by atoms with E-state index < -0.39 is 11.9 Å². The van der Waals surface area contributed by atoms with Crippen LogP contribution in [-0.2, 0) is 0 Å². The summed E-state index contributed by atoms with van der Waals surface area (Å²) in [6.07, 6.45) is 1.46. The molecular formula is C20H15ClN2O3S. The van der Waals surface area contributed by atoms with Gasteiger partial charge in [0.1, 0.15) is 10.6 Å². The van der Waals surface area contributed by atoms with Crippen LogP contribution in [0.3, 0.4) is 0 Å². The topological polar surface area (TPSA) is 67.8 Å². The molecule has 136 valence electrons. The van der Waals surface area contributed by atoms with Crippen LogP contribution in [0.4, 0.5) is 0 Å². The molecule has 2 aromatic carbocycles. The lowest BCUT2D eigenvalue weighted by atomic mass is 10.1. The van der Waals surface area contributed by atoms with Gasteiger partial charge in [0.15, 0.2) is 0 Å². The lowest BCUT2D eigenvalue weighted by Crippen LogP contribution is -2.18. The Bertz CT molecular complexity index is 1000. The molecule has 0 spiro atoms. The Morgan fingerprint density at radius 1 is 1.15 bits per heavy atom. The van der Waals surface area contributed by atoms with Gasteiger partial charge in [0, 0.05) is 0 Å². The van der Waals surface area contributed by atoms with Gasteiger partial charge in [-0.1, -0.05) is 35.9 Å². The molecule has 0 aliphatic carbocycles. The number of carbonyl (C=O) groups is 2. The highest BCUT2D eigenvalue weighted by Gasteiger charge is 2.10. The monoisotopic (exact) mass is 398 g/mol. The minimum atomic E-state index is -0.415. The Hall–Kier alpha value is -2.96. The molecule has 0 aliphatic heterocycles. The third kappa shape index (κ3) is 5.03. The van der Waals surface area contributed by atoms with Gasteiger partial charge >= 0.3 is 5.97 Å². The van der Waals surface area contributed by atoms with Crippen molar-refractivity contribution in [3.8, 4) is 5.75 Å². The lowest BCUT2D eigenvalue weighted by molar-refractivity contribution is 0.0739. The summed E-state index contributed by atoms with van der Waals surface area (Å²) in [4.78, 5) is 24.6. The summed E-state index contributed by atoms with van der Waals surface area (Å²) in [7, 11) is 0. The van der Waals surface area contributed by atoms with Gasteiger partial charge < -0.3 is 4.74 Å². The molecule has 1 N–H and O–H groups in total. The second kappa shape index (κ2) is 8.62. The molecule has 3 aromatic rings. The highest BCUT2D eigenvalue weighted by molar-refractivity contribution is 7.12. The zero-order valence-corrected chi connectivity index (χ0v) is 15.9. The molecule has 7 heteroatoms. The maximum Gasteiger partial charge on any atom is 0.353 e. The quantitative estimate of drug-likeness (QED) is 0.293. The van der Waals surface area contributed by atoms with Crippen LogP contribution in [0.2, 0.25) is 5.02 Å². The maximum atomic E-state index is 12.1. The lowest BCUT2D eigenvalue weighted by Gasteiger charge is -2.04. The van der Waals surface area contributed by atoms with Gasteiger partial charge in [-0.3, -0.25) is 4.79 Å². The zero-order valence-electron chi connectivity index (χ0n) is 14.3. The van der Waals surface area contributed by atoms with Crippen molar-refractivity contribution in [2.24, 2.45) is 5.10 Å². The largest absolute Gasteiger partial charge is 0.422 e. The van der Waals surface area contributed by atoms with E-state index in [9.17, 15) is 9.59 Å². The first-order chi connectivity index (χ1) is 13.0. The number of amides is 1. The minimum Gasteiger partial charge on any atom is -0.422 e. The summed E-state index contributed by atoms with van der Waals surface area (Å²) < 4.78 is 5.33. The van der Waals surface area contributed by atoms with Gasteiger partial charge in [-0.05, 0) is 53.8 Å². The number of carbonyl (C=O) groups excluding carboxylic acids is 2. The van der Waals surface area contributed by atoms with Gasteiger partial charge in [-0.25, -0.2) is 10.2 Å². The van der Waals surface area contributed by atoms with E-state index in [0.717, 1.165) is 5.56 Å². The number of ether oxygens (including phenoxy) is 1. The van der Waals surface area contributed by atoms with Crippen molar-refractivity contribution in [3.05, 3.63) is 86.6 Å². The standard InChI is InChI=1S/C20H15ClN2O3S/c1-13-7-8-16(17(21)10-13)19(24)23-22-12-14-4-2-5-15(11-14)26-20(25)18-6-3-9-27-18/h2-12H,1H3,(H,23,24). The molecule has 0 unspecified atom stereocenters. The Balaban J connectivity index is 1.63. The fraction of sp³-hybridized carbons (Fsp3) is 0.0500. The Morgan fingerprint density at radius 2 is 2.00 bits per heavy atom. The van der Waals surface area contributed by atoms with Gasteiger partial charge in [-0.15, -0.1) is 11.3 Å². The van der Waals surface area contributed by atoms with Gasteiger partial charge in [-0.2, -0.15) is 5.10 Å². The number of nitrogens with one attached hydrogen (secondary N) is 1. The van der Waals surface area contributed by atoms with Crippen molar-refractivity contribution < 1.29 is 14.3 Å². The fourth-order valence-corrected chi connectivity index (χ4v) is 3.16. The van der Waals surface area contributed by atoms with Crippen molar-refractivity contribution in [3.63, 3.8) is 0 Å². The van der Waals surface area contributed by atoms with Crippen molar-refractivity contribution in [1.29, 1.82) is 0 Å². The zero-order chi connectivity index (χ0) is 19.2. The summed E-state index contributed by atoms with van der Waals surface area (Å²) in [6, 6.07) is 15.5. The average Bonchev–Trinajstić information content (AvgIpc) is 3.17. The molecule has 0 aliphatic rings. The second-order valence-electron chi connectivity index (χ2n) is 5.62. The Kier molecular flexibility index (Phi) is 6.01. The van der Waals surface area contributed by atoms with Crippen molar-refractivity contribution >= 4 is 41.0 Å². The van der Waals surface area contributed by atoms with Gasteiger partial charge in [0.25, 0.3) is 5.91 Å². The molecule has 27 heavy (non-hydrogen) atoms. The van der Waals surface area contributed by atoms with Crippen LogP contribution in [0, 0.1) is 6.92 Å². The Labute approximate surface area is 165 Å². The van der Waals surface area contributed by atoms with Crippen LogP contribution < -0.4 is 10.2 Å². The van der Waals surface area contributed by atoms with E-state index in [0.29, 0.717) is 26.8 Å². The van der Waals surface area contributed by atoms with Crippen LogP contribution in [0.1, 0.15) is 31.2 Å². The first kappa shape index (κ1) is 18.8. The summed E-state index contributed by atoms with van der Waals surface area (Å²) in [6.45, 7) is 1.89. The highest BCUT2D eigenvalue weighted by Crippen LogP contribution is 2.18. The third-order valence-electron chi connectivity index (χ3n) is 3.54. The van der Waals surface area contributed by atoms with E-state index in [2.05, 4.69) is 10.5 Å². The number of hydrogen-bond acceptors (Lipinski definition) is 5. The van der Waals surface area contributed by atoms with Crippen LogP contribution in [0.15, 0.2) is 65.1 Å². The molecule has 1 heterocycles.